The summed E-state index contributed by atoms with van der Waals surface area (Å²) in [5.74, 6) is -1.00. The molecule has 0 aliphatic rings. The lowest BCUT2D eigenvalue weighted by Crippen LogP contribution is -2.32. The van der Waals surface area contributed by atoms with Gasteiger partial charge >= 0.3 is 5.97 Å². The number of aromatic amines is 1. The fourth-order valence-electron chi connectivity index (χ4n) is 0.723. The van der Waals surface area contributed by atoms with Crippen LogP contribution in [0.2, 0.25) is 0 Å². The van der Waals surface area contributed by atoms with Crippen molar-refractivity contribution in [3.8, 4) is 0 Å². The molecule has 0 aliphatic heterocycles. The summed E-state index contributed by atoms with van der Waals surface area (Å²) in [6, 6.07) is 0.846. The maximum absolute atomic E-state index is 10.3. The van der Waals surface area contributed by atoms with Gasteiger partial charge in [-0.25, -0.2) is 0 Å². The molecule has 0 spiro atoms. The molecule has 0 fully saturated rings. The van der Waals surface area contributed by atoms with E-state index in [-0.39, 0.29) is 6.42 Å². The number of nitrogens with zero attached hydrogens (tertiary/aromatic N) is 1. The molecule has 1 heterocycles. The third-order valence-corrected chi connectivity index (χ3v) is 1.32. The van der Waals surface area contributed by atoms with Crippen LogP contribution in [0.3, 0.4) is 0 Å². The molecule has 0 saturated carbocycles. The molecular weight excluding hydrogens is 146 g/mol. The van der Waals surface area contributed by atoms with E-state index in [1.165, 1.54) is 0 Å². The van der Waals surface area contributed by atoms with Crippen LogP contribution in [0.4, 0.5) is 0 Å². The third kappa shape index (κ3) is 2.05. The fourth-order valence-corrected chi connectivity index (χ4v) is 0.723. The second kappa shape index (κ2) is 3.16. The standard InChI is InChI=1S/C6H9N3O2/c7-5(6(10)11)3-4-1-2-8-9-4/h1-2,5H,3,7H2,(H,8,9)(H,10,11)/t5-/m1/s1. The highest BCUT2D eigenvalue weighted by atomic mass is 16.4. The molecule has 0 amide bonds. The van der Waals surface area contributed by atoms with Crippen LogP contribution in [0, 0.1) is 0 Å². The number of aliphatic carboxylic acids is 1. The largest absolute Gasteiger partial charge is 0.480 e. The van der Waals surface area contributed by atoms with E-state index in [0.29, 0.717) is 0 Å². The van der Waals surface area contributed by atoms with E-state index in [0.717, 1.165) is 5.69 Å². The summed E-state index contributed by atoms with van der Waals surface area (Å²) in [7, 11) is 0. The van der Waals surface area contributed by atoms with Crippen molar-refractivity contribution in [2.75, 3.05) is 0 Å². The van der Waals surface area contributed by atoms with Crippen LogP contribution in [0.25, 0.3) is 0 Å². The lowest BCUT2D eigenvalue weighted by molar-refractivity contribution is -0.138. The van der Waals surface area contributed by atoms with Crippen molar-refractivity contribution in [1.29, 1.82) is 0 Å². The van der Waals surface area contributed by atoms with Gasteiger partial charge in [0.2, 0.25) is 0 Å². The van der Waals surface area contributed by atoms with Crippen LogP contribution >= 0.6 is 0 Å². The van der Waals surface area contributed by atoms with Crippen LogP contribution in [-0.2, 0) is 11.2 Å². The zero-order valence-corrected chi connectivity index (χ0v) is 5.82. The summed E-state index contributed by atoms with van der Waals surface area (Å²) < 4.78 is 0. The minimum Gasteiger partial charge on any atom is -0.480 e. The summed E-state index contributed by atoms with van der Waals surface area (Å²) in [6.45, 7) is 0. The average molecular weight is 155 g/mol. The SMILES string of the molecule is N[C@H](Cc1ccn[nH]1)C(=O)O. The first-order valence-electron chi connectivity index (χ1n) is 3.17. The predicted molar refractivity (Wildman–Crippen MR) is 37.9 cm³/mol. The van der Waals surface area contributed by atoms with Crippen molar-refractivity contribution >= 4 is 5.97 Å². The molecule has 60 valence electrons. The van der Waals surface area contributed by atoms with Gasteiger partial charge in [-0.2, -0.15) is 5.10 Å². The normalized spacial score (nSPS) is 12.8. The van der Waals surface area contributed by atoms with E-state index >= 15 is 0 Å². The second-order valence-electron chi connectivity index (χ2n) is 2.23. The molecular formula is C6H9N3O2. The van der Waals surface area contributed by atoms with Crippen LogP contribution in [0.5, 0.6) is 0 Å². The maximum atomic E-state index is 10.3. The predicted octanol–water partition coefficient (Wildman–Crippen LogP) is -0.636. The van der Waals surface area contributed by atoms with Crippen molar-refractivity contribution in [3.63, 3.8) is 0 Å². The Labute approximate surface area is 63.2 Å². The minimum absolute atomic E-state index is 0.287. The number of nitrogens with two attached hydrogens (primary N) is 1. The molecule has 1 rings (SSSR count). The van der Waals surface area contributed by atoms with Crippen molar-refractivity contribution in [3.05, 3.63) is 18.0 Å². The number of nitrogens with one attached hydrogen (secondary N) is 1. The average Bonchev–Trinajstić information content (AvgIpc) is 2.39. The van der Waals surface area contributed by atoms with E-state index in [4.69, 9.17) is 10.8 Å². The number of hydrogen-bond donors (Lipinski definition) is 3. The van der Waals surface area contributed by atoms with Gasteiger partial charge in [-0.1, -0.05) is 0 Å². The number of rotatable bonds is 3. The second-order valence-corrected chi connectivity index (χ2v) is 2.23. The van der Waals surface area contributed by atoms with Crippen LogP contribution < -0.4 is 5.73 Å². The van der Waals surface area contributed by atoms with Gasteiger partial charge in [0, 0.05) is 18.3 Å². The number of carbonyl (C=O) groups is 1. The quantitative estimate of drug-likeness (QED) is 0.541. The monoisotopic (exact) mass is 155 g/mol. The number of aromatic nitrogens is 2. The molecule has 0 saturated heterocycles. The Morgan fingerprint density at radius 2 is 2.64 bits per heavy atom. The zero-order chi connectivity index (χ0) is 8.27. The van der Waals surface area contributed by atoms with Gasteiger partial charge in [-0.15, -0.1) is 0 Å². The van der Waals surface area contributed by atoms with Crippen LogP contribution in [0.15, 0.2) is 12.3 Å². The molecule has 0 unspecified atom stereocenters. The summed E-state index contributed by atoms with van der Waals surface area (Å²) in [6.07, 6.45) is 1.85. The third-order valence-electron chi connectivity index (χ3n) is 1.32. The Bertz CT molecular complexity index is 232. The molecule has 1 aromatic heterocycles. The zero-order valence-electron chi connectivity index (χ0n) is 5.82. The Morgan fingerprint density at radius 1 is 1.91 bits per heavy atom. The summed E-state index contributed by atoms with van der Waals surface area (Å²) in [4.78, 5) is 10.3. The van der Waals surface area contributed by atoms with Crippen molar-refractivity contribution in [2.24, 2.45) is 5.73 Å². The van der Waals surface area contributed by atoms with Gasteiger partial charge in [-0.05, 0) is 6.07 Å². The van der Waals surface area contributed by atoms with E-state index in [1.54, 1.807) is 12.3 Å². The molecule has 0 bridgehead atoms. The Kier molecular flexibility index (Phi) is 2.22. The molecule has 5 nitrogen and oxygen atoms in total. The van der Waals surface area contributed by atoms with Gasteiger partial charge in [0.25, 0.3) is 0 Å². The van der Waals surface area contributed by atoms with Gasteiger partial charge < -0.3 is 10.8 Å². The first-order chi connectivity index (χ1) is 5.20. The van der Waals surface area contributed by atoms with Crippen molar-refractivity contribution < 1.29 is 9.90 Å². The summed E-state index contributed by atoms with van der Waals surface area (Å²) in [5.41, 5.74) is 6.00. The first kappa shape index (κ1) is 7.74. The van der Waals surface area contributed by atoms with E-state index < -0.39 is 12.0 Å². The fraction of sp³-hybridized carbons (Fsp3) is 0.333. The van der Waals surface area contributed by atoms with Crippen molar-refractivity contribution in [2.45, 2.75) is 12.5 Å². The number of carboxylic acids is 1. The Hall–Kier alpha value is -1.36. The molecule has 1 aromatic rings. The molecule has 1 atom stereocenters. The van der Waals surface area contributed by atoms with Crippen LogP contribution in [-0.4, -0.2) is 27.3 Å². The number of hydrogen-bond acceptors (Lipinski definition) is 3. The first-order valence-corrected chi connectivity index (χ1v) is 3.17. The molecule has 5 heteroatoms. The van der Waals surface area contributed by atoms with Gasteiger partial charge in [0.1, 0.15) is 6.04 Å². The highest BCUT2D eigenvalue weighted by molar-refractivity contribution is 5.73. The molecule has 0 aliphatic carbocycles. The van der Waals surface area contributed by atoms with Crippen molar-refractivity contribution in [1.82, 2.24) is 10.2 Å². The highest BCUT2D eigenvalue weighted by Crippen LogP contribution is 1.95. The Morgan fingerprint density at radius 3 is 3.09 bits per heavy atom. The molecule has 0 radical (unpaired) electrons. The minimum atomic E-state index is -1.00. The van der Waals surface area contributed by atoms with E-state index in [9.17, 15) is 4.79 Å². The molecule has 0 aromatic carbocycles. The van der Waals surface area contributed by atoms with Crippen LogP contribution in [0.1, 0.15) is 5.69 Å². The topological polar surface area (TPSA) is 92.0 Å². The molecule has 11 heavy (non-hydrogen) atoms. The number of H-pyrrole nitrogens is 1. The number of carboxylic acid groups (broad SMARTS) is 1. The highest BCUT2D eigenvalue weighted by Gasteiger charge is 2.11. The van der Waals surface area contributed by atoms with Gasteiger partial charge in [-0.3, -0.25) is 9.89 Å². The lowest BCUT2D eigenvalue weighted by Gasteiger charge is -2.02. The van der Waals surface area contributed by atoms with Gasteiger partial charge in [0.15, 0.2) is 0 Å². The maximum Gasteiger partial charge on any atom is 0.320 e. The summed E-state index contributed by atoms with van der Waals surface area (Å²) >= 11 is 0. The van der Waals surface area contributed by atoms with Gasteiger partial charge in [0.05, 0.1) is 0 Å². The Balaban J connectivity index is 2.50. The van der Waals surface area contributed by atoms with E-state index in [1.807, 2.05) is 0 Å². The smallest absolute Gasteiger partial charge is 0.320 e. The van der Waals surface area contributed by atoms with E-state index in [2.05, 4.69) is 10.2 Å². The lowest BCUT2D eigenvalue weighted by atomic mass is 10.2. The molecule has 4 N–H and O–H groups in total. The summed E-state index contributed by atoms with van der Waals surface area (Å²) in [5, 5.41) is 14.7.